The van der Waals surface area contributed by atoms with Crippen molar-refractivity contribution in [1.29, 1.82) is 0 Å². The second kappa shape index (κ2) is 11.2. The molecule has 1 aromatic carbocycles. The van der Waals surface area contributed by atoms with Crippen LogP contribution in [0, 0.1) is 5.92 Å². The van der Waals surface area contributed by atoms with Crippen LogP contribution in [-0.2, 0) is 19.1 Å². The highest BCUT2D eigenvalue weighted by molar-refractivity contribution is 5.99. The maximum Gasteiger partial charge on any atom is 0.249 e. The van der Waals surface area contributed by atoms with E-state index in [1.165, 1.54) is 5.56 Å². The van der Waals surface area contributed by atoms with E-state index in [4.69, 9.17) is 15.2 Å². The van der Waals surface area contributed by atoms with Crippen LogP contribution in [0.5, 0.6) is 0 Å². The molecule has 3 heterocycles. The van der Waals surface area contributed by atoms with Crippen LogP contribution in [0.15, 0.2) is 18.2 Å². The predicted octanol–water partition coefficient (Wildman–Crippen LogP) is 2.84. The quantitative estimate of drug-likeness (QED) is 0.576. The summed E-state index contributed by atoms with van der Waals surface area (Å²) in [5.74, 6) is -0.670. The summed E-state index contributed by atoms with van der Waals surface area (Å²) in [5.41, 5.74) is 8.21. The number of carbonyl (C=O) groups excluding carboxylic acids is 3. The summed E-state index contributed by atoms with van der Waals surface area (Å²) in [6.07, 6.45) is 5.35. The molecule has 0 unspecified atom stereocenters. The Bertz CT molecular complexity index is 1010. The zero-order valence-electron chi connectivity index (χ0n) is 22.2. The van der Waals surface area contributed by atoms with Gasteiger partial charge in [0, 0.05) is 12.2 Å². The minimum absolute atomic E-state index is 0.00919. The average molecular weight is 512 g/mol. The molecule has 2 N–H and O–H groups in total. The number of carbonyl (C=O) groups is 3. The monoisotopic (exact) mass is 511 g/mol. The lowest BCUT2D eigenvalue weighted by Gasteiger charge is -2.33. The molecule has 202 valence electrons. The molecule has 8 heteroatoms. The van der Waals surface area contributed by atoms with Crippen LogP contribution < -0.4 is 5.73 Å². The number of benzene rings is 1. The van der Waals surface area contributed by atoms with Gasteiger partial charge in [0.2, 0.25) is 11.8 Å². The lowest BCUT2D eigenvalue weighted by atomic mass is 9.78. The Morgan fingerprint density at radius 3 is 2.51 bits per heavy atom. The van der Waals surface area contributed by atoms with Crippen LogP contribution in [0.1, 0.15) is 85.7 Å². The molecule has 0 spiro atoms. The van der Waals surface area contributed by atoms with Gasteiger partial charge in [0.15, 0.2) is 5.78 Å². The summed E-state index contributed by atoms with van der Waals surface area (Å²) in [7, 11) is 0. The smallest absolute Gasteiger partial charge is 0.249 e. The Balaban J connectivity index is 1.51. The summed E-state index contributed by atoms with van der Waals surface area (Å²) in [5, 5.41) is 0. The minimum atomic E-state index is -0.619. The molecule has 37 heavy (non-hydrogen) atoms. The summed E-state index contributed by atoms with van der Waals surface area (Å²) in [4.78, 5) is 44.0. The number of rotatable bonds is 8. The first-order chi connectivity index (χ1) is 17.9. The number of Topliss-reactive ketones (excluding diaryl/α,β-unsaturated/α-hetero) is 1. The highest BCUT2D eigenvalue weighted by Crippen LogP contribution is 2.43. The SMILES string of the molecule is CCO[C@H]1CN(C(=O)[C@H](c2cc(C3CCN(CC)CC3)ccc2C(N)=O)C2CCCC2)[C@@H]2C(=O)CO[C@H]12. The molecule has 4 atom stereocenters. The lowest BCUT2D eigenvalue weighted by Crippen LogP contribution is -2.45. The van der Waals surface area contributed by atoms with E-state index in [1.807, 2.05) is 19.1 Å². The van der Waals surface area contributed by atoms with Crippen molar-refractivity contribution in [3.05, 3.63) is 34.9 Å². The van der Waals surface area contributed by atoms with Crippen LogP contribution in [0.2, 0.25) is 0 Å². The van der Waals surface area contributed by atoms with Crippen molar-refractivity contribution >= 4 is 17.6 Å². The predicted molar refractivity (Wildman–Crippen MR) is 139 cm³/mol. The highest BCUT2D eigenvalue weighted by Gasteiger charge is 2.54. The molecule has 0 radical (unpaired) electrons. The zero-order valence-corrected chi connectivity index (χ0v) is 22.2. The fourth-order valence-corrected chi connectivity index (χ4v) is 7.16. The van der Waals surface area contributed by atoms with Crippen LogP contribution in [0.3, 0.4) is 0 Å². The van der Waals surface area contributed by atoms with Crippen molar-refractivity contribution in [3.8, 4) is 0 Å². The van der Waals surface area contributed by atoms with Crippen LogP contribution >= 0.6 is 0 Å². The molecule has 8 nitrogen and oxygen atoms in total. The Labute approximate surface area is 219 Å². The topological polar surface area (TPSA) is 102 Å². The standard InChI is InChI=1S/C29H41N3O5/c1-3-31-13-11-18(12-14-31)20-9-10-21(28(30)34)22(15-20)25(19-7-5-6-8-19)29(35)32-16-24(36-4-2)27-26(32)23(33)17-37-27/h9-10,15,18-19,24-27H,3-8,11-14,16-17H2,1-2H3,(H2,30,34)/t24-,25-,26+,27+/m0/s1. The van der Waals surface area contributed by atoms with Gasteiger partial charge < -0.3 is 25.0 Å². The van der Waals surface area contributed by atoms with Crippen LogP contribution in [0.4, 0.5) is 0 Å². The molecule has 2 amide bonds. The number of fused-ring (bicyclic) bond motifs is 1. The van der Waals surface area contributed by atoms with Gasteiger partial charge in [-0.1, -0.05) is 31.9 Å². The number of primary amides is 1. The second-order valence-corrected chi connectivity index (χ2v) is 11.1. The van der Waals surface area contributed by atoms with E-state index in [0.29, 0.717) is 24.6 Å². The summed E-state index contributed by atoms with van der Waals surface area (Å²) in [6, 6.07) is 5.32. The minimum Gasteiger partial charge on any atom is -0.374 e. The number of nitrogens with zero attached hydrogens (tertiary/aromatic N) is 2. The molecule has 3 saturated heterocycles. The van der Waals surface area contributed by atoms with Gasteiger partial charge in [-0.25, -0.2) is 0 Å². The van der Waals surface area contributed by atoms with Gasteiger partial charge in [-0.05, 0) is 81.3 Å². The fraction of sp³-hybridized carbons (Fsp3) is 0.690. The van der Waals surface area contributed by atoms with Gasteiger partial charge in [0.25, 0.3) is 0 Å². The molecule has 1 aliphatic carbocycles. The van der Waals surface area contributed by atoms with E-state index in [9.17, 15) is 14.4 Å². The molecular weight excluding hydrogens is 470 g/mol. The number of hydrogen-bond acceptors (Lipinski definition) is 6. The second-order valence-electron chi connectivity index (χ2n) is 11.1. The third-order valence-corrected chi connectivity index (χ3v) is 9.12. The summed E-state index contributed by atoms with van der Waals surface area (Å²) < 4.78 is 11.7. The van der Waals surface area contributed by atoms with Crippen molar-refractivity contribution in [1.82, 2.24) is 9.80 Å². The third-order valence-electron chi connectivity index (χ3n) is 9.12. The van der Waals surface area contributed by atoms with Crippen LogP contribution in [0.25, 0.3) is 0 Å². The van der Waals surface area contributed by atoms with Crippen molar-refractivity contribution in [2.24, 2.45) is 11.7 Å². The first kappa shape index (κ1) is 26.3. The molecule has 1 aromatic rings. The van der Waals surface area contributed by atoms with Gasteiger partial charge in [0.1, 0.15) is 24.9 Å². The van der Waals surface area contributed by atoms with Crippen molar-refractivity contribution in [2.75, 3.05) is 39.4 Å². The van der Waals surface area contributed by atoms with E-state index in [2.05, 4.69) is 17.9 Å². The maximum absolute atomic E-state index is 14.4. The molecule has 5 rings (SSSR count). The molecule has 4 aliphatic rings. The zero-order chi connectivity index (χ0) is 26.1. The number of ketones is 1. The molecule has 4 fully saturated rings. The molecule has 0 bridgehead atoms. The number of ether oxygens (including phenoxy) is 2. The fourth-order valence-electron chi connectivity index (χ4n) is 7.16. The summed E-state index contributed by atoms with van der Waals surface area (Å²) >= 11 is 0. The Hall–Kier alpha value is -2.29. The van der Waals surface area contributed by atoms with E-state index in [1.54, 1.807) is 4.90 Å². The number of likely N-dealkylation sites (tertiary alicyclic amines) is 2. The molecule has 0 aromatic heterocycles. The van der Waals surface area contributed by atoms with E-state index < -0.39 is 24.0 Å². The average Bonchev–Trinajstić information content (AvgIpc) is 3.64. The Kier molecular flexibility index (Phi) is 7.98. The van der Waals surface area contributed by atoms with Crippen molar-refractivity contribution < 1.29 is 23.9 Å². The molecule has 3 aliphatic heterocycles. The number of hydrogen-bond donors (Lipinski definition) is 1. The number of amides is 2. The maximum atomic E-state index is 14.4. The third kappa shape index (κ3) is 5.08. The van der Waals surface area contributed by atoms with Gasteiger partial charge in [-0.3, -0.25) is 14.4 Å². The van der Waals surface area contributed by atoms with Gasteiger partial charge in [-0.15, -0.1) is 0 Å². The Morgan fingerprint density at radius 1 is 1.14 bits per heavy atom. The Morgan fingerprint density at radius 2 is 1.86 bits per heavy atom. The first-order valence-electron chi connectivity index (χ1n) is 14.1. The van der Waals surface area contributed by atoms with Gasteiger partial charge in [0.05, 0.1) is 12.5 Å². The van der Waals surface area contributed by atoms with E-state index in [-0.39, 0.29) is 30.3 Å². The van der Waals surface area contributed by atoms with Gasteiger partial charge in [-0.2, -0.15) is 0 Å². The van der Waals surface area contributed by atoms with Crippen molar-refractivity contribution in [2.45, 2.75) is 82.5 Å². The molecular formula is C29H41N3O5. The number of nitrogens with two attached hydrogens (primary N) is 1. The van der Waals surface area contributed by atoms with Crippen LogP contribution in [-0.4, -0.2) is 85.0 Å². The largest absolute Gasteiger partial charge is 0.374 e. The molecule has 1 saturated carbocycles. The van der Waals surface area contributed by atoms with E-state index >= 15 is 0 Å². The van der Waals surface area contributed by atoms with E-state index in [0.717, 1.165) is 63.7 Å². The first-order valence-corrected chi connectivity index (χ1v) is 14.1. The van der Waals surface area contributed by atoms with Gasteiger partial charge >= 0.3 is 0 Å². The lowest BCUT2D eigenvalue weighted by molar-refractivity contribution is -0.139. The normalized spacial score (nSPS) is 28.1. The number of piperidine rings is 1. The van der Waals surface area contributed by atoms with Crippen molar-refractivity contribution in [3.63, 3.8) is 0 Å². The highest BCUT2D eigenvalue weighted by atomic mass is 16.6. The summed E-state index contributed by atoms with van der Waals surface area (Å²) in [6.45, 7) is 8.09.